The van der Waals surface area contributed by atoms with Gasteiger partial charge >= 0.3 is 0 Å². The van der Waals surface area contributed by atoms with Crippen LogP contribution < -0.4 is 0 Å². The van der Waals surface area contributed by atoms with E-state index in [0.717, 1.165) is 0 Å². The summed E-state index contributed by atoms with van der Waals surface area (Å²) in [5.41, 5.74) is 6.16. The highest BCUT2D eigenvalue weighted by Crippen LogP contribution is 2.53. The van der Waals surface area contributed by atoms with Crippen LogP contribution in [0.5, 0.6) is 0 Å². The smallest absolute Gasteiger partial charge is 0.148 e. The highest BCUT2D eigenvalue weighted by atomic mass is 15.4. The van der Waals surface area contributed by atoms with E-state index >= 15 is 0 Å². The molecule has 2 heteroatoms. The van der Waals surface area contributed by atoms with E-state index in [9.17, 15) is 0 Å². The molecule has 2 radical (unpaired) electrons. The number of hydrogen-bond donors (Lipinski definition) is 0. The van der Waals surface area contributed by atoms with Crippen LogP contribution in [0.3, 0.4) is 0 Å². The van der Waals surface area contributed by atoms with E-state index in [1.807, 2.05) is 0 Å². The predicted molar refractivity (Wildman–Crippen MR) is 174 cm³/mol. The molecule has 1 fully saturated rings. The molecule has 1 saturated heterocycles. The first-order chi connectivity index (χ1) is 19.7. The van der Waals surface area contributed by atoms with Gasteiger partial charge < -0.3 is 0 Å². The molecule has 3 aliphatic rings. The second-order valence-electron chi connectivity index (χ2n) is 14.2. The molecule has 5 rings (SSSR count). The van der Waals surface area contributed by atoms with E-state index in [4.69, 9.17) is 0 Å². The monoisotopic (exact) mass is 550 g/mol. The lowest BCUT2D eigenvalue weighted by molar-refractivity contribution is 0.0783. The summed E-state index contributed by atoms with van der Waals surface area (Å²) in [6, 6.07) is 23.8. The van der Waals surface area contributed by atoms with Crippen LogP contribution in [-0.4, -0.2) is 21.9 Å². The molecule has 0 N–H and O–H groups in total. The van der Waals surface area contributed by atoms with Gasteiger partial charge in [0.25, 0.3) is 0 Å². The van der Waals surface area contributed by atoms with Gasteiger partial charge in [-0.15, -0.1) is 0 Å². The van der Waals surface area contributed by atoms with Gasteiger partial charge in [0.1, 0.15) is 6.67 Å². The van der Waals surface area contributed by atoms with Crippen molar-refractivity contribution in [1.29, 1.82) is 0 Å². The maximum atomic E-state index is 4.20. The molecule has 0 aromatic heterocycles. The zero-order chi connectivity index (χ0) is 29.3. The van der Waals surface area contributed by atoms with Crippen molar-refractivity contribution in [3.8, 4) is 0 Å². The van der Waals surface area contributed by atoms with Gasteiger partial charge in [-0.05, 0) is 72.3 Å². The van der Waals surface area contributed by atoms with Crippen LogP contribution in [-0.2, 0) is 0 Å². The fraction of sp³-hybridized carbons (Fsp3) is 0.564. The van der Waals surface area contributed by atoms with Gasteiger partial charge in [0.05, 0.1) is 12.1 Å². The second kappa shape index (κ2) is 13.0. The molecule has 0 saturated carbocycles. The van der Waals surface area contributed by atoms with Crippen LogP contribution in [0, 0.1) is 42.2 Å². The number of rotatable bonds is 8. The highest BCUT2D eigenvalue weighted by Gasteiger charge is 2.51. The molecule has 220 valence electrons. The largest absolute Gasteiger partial charge is 0.264 e. The van der Waals surface area contributed by atoms with Crippen molar-refractivity contribution in [3.05, 3.63) is 102 Å². The summed E-state index contributed by atoms with van der Waals surface area (Å²) in [4.78, 5) is 5.39. The van der Waals surface area contributed by atoms with Crippen molar-refractivity contribution in [3.63, 3.8) is 0 Å². The third kappa shape index (κ3) is 6.02. The van der Waals surface area contributed by atoms with Gasteiger partial charge in [-0.1, -0.05) is 139 Å². The predicted octanol–water partition coefficient (Wildman–Crippen LogP) is 10.1. The van der Waals surface area contributed by atoms with Crippen molar-refractivity contribution in [2.75, 3.05) is 0 Å². The zero-order valence-corrected chi connectivity index (χ0v) is 26.9. The van der Waals surface area contributed by atoms with E-state index in [2.05, 4.69) is 145 Å². The Kier molecular flexibility index (Phi) is 9.61. The average molecular weight is 551 g/mol. The van der Waals surface area contributed by atoms with E-state index in [1.165, 1.54) is 36.8 Å². The number of hydrogen-bond acceptors (Lipinski definition) is 2. The molecule has 1 aliphatic heterocycles. The Morgan fingerprint density at radius 3 is 1.80 bits per heavy atom. The standard InChI is InChI=1S/C39H54N2/c1-26(2)32-21-15-23-34(36(32)28(5)6)40-25-41(35-24-16-22-33(27(3)4)37(35)29(7)8)39(31-19-13-10-14-20-31)38(40)30-17-11-9-12-18-30/h9-15,17-20,23,26-29,32,34-36,38-39H,16,21-22,24H2,1-8H3/t32?,34?,35?,36?,38-,39-/m1/s1. The average Bonchev–Trinajstić information content (AvgIpc) is 3.37. The minimum atomic E-state index is 0.207. The lowest BCUT2D eigenvalue weighted by Gasteiger charge is -2.45. The maximum absolute atomic E-state index is 4.20. The minimum Gasteiger partial charge on any atom is -0.264 e. The zero-order valence-electron chi connectivity index (χ0n) is 26.9. The van der Waals surface area contributed by atoms with Crippen molar-refractivity contribution in [2.45, 2.75) is 105 Å². The molecular formula is C39H54N2. The summed E-state index contributed by atoms with van der Waals surface area (Å²) in [7, 11) is 0. The summed E-state index contributed by atoms with van der Waals surface area (Å²) in [6.45, 7) is 23.6. The summed E-state index contributed by atoms with van der Waals surface area (Å²) in [6.07, 6.45) is 9.92. The van der Waals surface area contributed by atoms with Gasteiger partial charge in [-0.3, -0.25) is 9.80 Å². The third-order valence-corrected chi connectivity index (χ3v) is 10.3. The molecule has 0 bridgehead atoms. The van der Waals surface area contributed by atoms with Crippen LogP contribution in [0.2, 0.25) is 0 Å². The van der Waals surface area contributed by atoms with Gasteiger partial charge in [-0.25, -0.2) is 0 Å². The lowest BCUT2D eigenvalue weighted by atomic mass is 9.68. The molecule has 41 heavy (non-hydrogen) atoms. The Balaban J connectivity index is 1.69. The van der Waals surface area contributed by atoms with Gasteiger partial charge in [0.15, 0.2) is 0 Å². The molecule has 2 nitrogen and oxygen atoms in total. The number of benzene rings is 2. The van der Waals surface area contributed by atoms with Crippen LogP contribution >= 0.6 is 0 Å². The molecule has 0 spiro atoms. The van der Waals surface area contributed by atoms with E-state index in [0.29, 0.717) is 47.6 Å². The summed E-state index contributed by atoms with van der Waals surface area (Å²) >= 11 is 0. The fourth-order valence-corrected chi connectivity index (χ4v) is 8.53. The molecular weight excluding hydrogens is 496 g/mol. The van der Waals surface area contributed by atoms with Crippen LogP contribution in [0.25, 0.3) is 0 Å². The van der Waals surface area contributed by atoms with Crippen molar-refractivity contribution in [2.24, 2.45) is 35.5 Å². The SMILES string of the molecule is CC(C)C1=C(C(C)C)C(N2[C]N(C3C=CCC(C(C)C)C3C(C)C)[C@H](c3ccccc3)[C@H]2c2ccccc2)CCC1. The van der Waals surface area contributed by atoms with Crippen LogP contribution in [0.1, 0.15) is 104 Å². The van der Waals surface area contributed by atoms with E-state index in [-0.39, 0.29) is 12.1 Å². The Labute approximate surface area is 251 Å². The molecule has 1 heterocycles. The first-order valence-corrected chi connectivity index (χ1v) is 16.5. The normalized spacial score (nSPS) is 30.0. The Morgan fingerprint density at radius 1 is 0.707 bits per heavy atom. The molecule has 2 aliphatic carbocycles. The Bertz CT molecular complexity index is 1170. The van der Waals surface area contributed by atoms with Gasteiger partial charge in [-0.2, -0.15) is 0 Å². The minimum absolute atomic E-state index is 0.207. The molecule has 0 amide bonds. The van der Waals surface area contributed by atoms with Gasteiger partial charge in [0.2, 0.25) is 0 Å². The van der Waals surface area contributed by atoms with E-state index < -0.39 is 0 Å². The summed E-state index contributed by atoms with van der Waals surface area (Å²) < 4.78 is 0. The maximum Gasteiger partial charge on any atom is 0.148 e. The van der Waals surface area contributed by atoms with Gasteiger partial charge in [0, 0.05) is 12.1 Å². The Morgan fingerprint density at radius 2 is 1.29 bits per heavy atom. The number of allylic oxidation sites excluding steroid dienone is 2. The van der Waals surface area contributed by atoms with E-state index in [1.54, 1.807) is 11.1 Å². The topological polar surface area (TPSA) is 6.48 Å². The molecule has 6 atom stereocenters. The van der Waals surface area contributed by atoms with Crippen LogP contribution in [0.4, 0.5) is 0 Å². The van der Waals surface area contributed by atoms with Crippen molar-refractivity contribution < 1.29 is 0 Å². The first kappa shape index (κ1) is 30.3. The lowest BCUT2D eigenvalue weighted by Crippen LogP contribution is -2.46. The highest BCUT2D eigenvalue weighted by molar-refractivity contribution is 5.35. The molecule has 4 unspecified atom stereocenters. The molecule has 2 aromatic rings. The quantitative estimate of drug-likeness (QED) is 0.302. The first-order valence-electron chi connectivity index (χ1n) is 16.5. The molecule has 2 aromatic carbocycles. The summed E-state index contributed by atoms with van der Waals surface area (Å²) in [5, 5.41) is 0. The third-order valence-electron chi connectivity index (χ3n) is 10.3. The number of nitrogens with zero attached hydrogens (tertiary/aromatic N) is 2. The second-order valence-corrected chi connectivity index (χ2v) is 14.2. The van der Waals surface area contributed by atoms with Crippen LogP contribution in [0.15, 0.2) is 84.0 Å². The summed E-state index contributed by atoms with van der Waals surface area (Å²) in [5.74, 6) is 3.66. The van der Waals surface area contributed by atoms with Crippen molar-refractivity contribution in [1.82, 2.24) is 9.80 Å². The fourth-order valence-electron chi connectivity index (χ4n) is 8.53. The van der Waals surface area contributed by atoms with Crippen molar-refractivity contribution >= 4 is 0 Å². The Hall–Kier alpha value is -2.16.